The number of aliphatic carboxylic acids is 1. The normalized spacial score (nSPS) is 15.0. The van der Waals surface area contributed by atoms with E-state index in [9.17, 15) is 14.4 Å². The van der Waals surface area contributed by atoms with Crippen molar-refractivity contribution in [1.29, 1.82) is 0 Å². The topological polar surface area (TPSA) is 104 Å². The van der Waals surface area contributed by atoms with E-state index in [4.69, 9.17) is 27.2 Å². The maximum absolute atomic E-state index is 12.8. The number of carbonyl (C=O) groups excluding carboxylic acids is 1. The van der Waals surface area contributed by atoms with Crippen LogP contribution in [0.2, 0.25) is 0 Å². The van der Waals surface area contributed by atoms with E-state index in [0.29, 0.717) is 20.7 Å². The second kappa shape index (κ2) is 8.89. The van der Waals surface area contributed by atoms with Crippen molar-refractivity contribution in [2.45, 2.75) is 6.42 Å². The summed E-state index contributed by atoms with van der Waals surface area (Å²) in [6, 6.07) is 12.9. The quantitative estimate of drug-likeness (QED) is 0.508. The lowest BCUT2D eigenvalue weighted by Crippen LogP contribution is -2.27. The number of rotatable bonds is 7. The first kappa shape index (κ1) is 20.6. The van der Waals surface area contributed by atoms with Gasteiger partial charge in [0, 0.05) is 0 Å². The van der Waals surface area contributed by atoms with Crippen LogP contribution in [0, 0.1) is 0 Å². The summed E-state index contributed by atoms with van der Waals surface area (Å²) in [4.78, 5) is 36.2. The zero-order chi connectivity index (χ0) is 21.0. The van der Waals surface area contributed by atoms with Gasteiger partial charge in [-0.1, -0.05) is 42.2 Å². The van der Waals surface area contributed by atoms with Crippen LogP contribution in [0.15, 0.2) is 53.4 Å². The molecule has 0 aliphatic carbocycles. The third-order valence-corrected chi connectivity index (χ3v) is 5.21. The third-order valence-electron chi connectivity index (χ3n) is 3.91. The molecule has 1 saturated heterocycles. The summed E-state index contributed by atoms with van der Waals surface area (Å²) in [5.41, 5.74) is 1.22. The minimum absolute atomic E-state index is 0.0685. The van der Waals surface area contributed by atoms with E-state index in [1.165, 1.54) is 17.0 Å². The van der Waals surface area contributed by atoms with Gasteiger partial charge in [0.15, 0.2) is 4.32 Å². The van der Waals surface area contributed by atoms with Gasteiger partial charge in [-0.2, -0.15) is 0 Å². The Balaban J connectivity index is 1.75. The SMILES string of the molecule is O=C(O)CCOc1ccc(/C=C2\SC(=S)N(c3cccc(C(=O)O)c3)C2=O)cc1. The molecule has 1 fully saturated rings. The number of ether oxygens (including phenoxy) is 1. The van der Waals surface area contributed by atoms with Crippen molar-refractivity contribution in [3.05, 3.63) is 64.6 Å². The van der Waals surface area contributed by atoms with Gasteiger partial charge < -0.3 is 14.9 Å². The molecule has 9 heteroatoms. The van der Waals surface area contributed by atoms with Crippen molar-refractivity contribution in [2.75, 3.05) is 11.5 Å². The van der Waals surface area contributed by atoms with Gasteiger partial charge >= 0.3 is 11.9 Å². The van der Waals surface area contributed by atoms with Crippen LogP contribution in [0.25, 0.3) is 6.08 Å². The second-order valence-corrected chi connectivity index (χ2v) is 7.61. The number of carboxylic acids is 2. The van der Waals surface area contributed by atoms with Crippen LogP contribution in [-0.4, -0.2) is 39.0 Å². The highest BCUT2D eigenvalue weighted by Gasteiger charge is 2.33. The van der Waals surface area contributed by atoms with Crippen LogP contribution in [0.1, 0.15) is 22.3 Å². The Labute approximate surface area is 175 Å². The maximum atomic E-state index is 12.8. The zero-order valence-corrected chi connectivity index (χ0v) is 16.5. The van der Waals surface area contributed by atoms with Crippen LogP contribution >= 0.6 is 24.0 Å². The highest BCUT2D eigenvalue weighted by molar-refractivity contribution is 8.27. The lowest BCUT2D eigenvalue weighted by atomic mass is 10.1. The molecule has 0 saturated carbocycles. The fourth-order valence-corrected chi connectivity index (χ4v) is 3.84. The molecule has 1 heterocycles. The summed E-state index contributed by atoms with van der Waals surface area (Å²) in [6.45, 7) is 0.0722. The lowest BCUT2D eigenvalue weighted by Gasteiger charge is -2.14. The minimum atomic E-state index is -1.08. The molecule has 7 nitrogen and oxygen atoms in total. The maximum Gasteiger partial charge on any atom is 0.335 e. The highest BCUT2D eigenvalue weighted by Crippen LogP contribution is 2.36. The first-order valence-electron chi connectivity index (χ1n) is 8.41. The van der Waals surface area contributed by atoms with Crippen molar-refractivity contribution in [3.8, 4) is 5.75 Å². The monoisotopic (exact) mass is 429 g/mol. The average molecular weight is 429 g/mol. The number of carboxylic acid groups (broad SMARTS) is 2. The van der Waals surface area contributed by atoms with Gasteiger partial charge in [0.1, 0.15) is 5.75 Å². The van der Waals surface area contributed by atoms with Crippen LogP contribution in [0.3, 0.4) is 0 Å². The van der Waals surface area contributed by atoms with Gasteiger partial charge in [0.25, 0.3) is 5.91 Å². The van der Waals surface area contributed by atoms with Crippen LogP contribution in [0.5, 0.6) is 5.75 Å². The molecular weight excluding hydrogens is 414 g/mol. The Morgan fingerprint density at radius 2 is 1.86 bits per heavy atom. The van der Waals surface area contributed by atoms with E-state index < -0.39 is 11.9 Å². The van der Waals surface area contributed by atoms with Crippen LogP contribution in [0.4, 0.5) is 5.69 Å². The lowest BCUT2D eigenvalue weighted by molar-refractivity contribution is -0.137. The Hall–Kier alpha value is -3.17. The minimum Gasteiger partial charge on any atom is -0.493 e. The predicted octanol–water partition coefficient (Wildman–Crippen LogP) is 3.64. The molecule has 3 rings (SSSR count). The molecule has 0 atom stereocenters. The molecule has 1 aliphatic heterocycles. The van der Waals surface area contributed by atoms with E-state index in [0.717, 1.165) is 17.3 Å². The largest absolute Gasteiger partial charge is 0.493 e. The van der Waals surface area contributed by atoms with Crippen LogP contribution in [-0.2, 0) is 9.59 Å². The van der Waals surface area contributed by atoms with E-state index >= 15 is 0 Å². The first-order chi connectivity index (χ1) is 13.8. The van der Waals surface area contributed by atoms with Crippen molar-refractivity contribution in [2.24, 2.45) is 0 Å². The summed E-state index contributed by atoms with van der Waals surface area (Å²) in [5.74, 6) is -1.82. The number of thioether (sulfide) groups is 1. The van der Waals surface area contributed by atoms with Gasteiger partial charge in [-0.15, -0.1) is 0 Å². The summed E-state index contributed by atoms with van der Waals surface area (Å²) in [7, 11) is 0. The number of aromatic carboxylic acids is 1. The molecule has 29 heavy (non-hydrogen) atoms. The van der Waals surface area contributed by atoms with Crippen molar-refractivity contribution >= 4 is 57.9 Å². The molecule has 0 aromatic heterocycles. The Morgan fingerprint density at radius 3 is 2.52 bits per heavy atom. The number of anilines is 1. The molecule has 0 spiro atoms. The van der Waals surface area contributed by atoms with E-state index in [2.05, 4.69) is 0 Å². The fourth-order valence-electron chi connectivity index (χ4n) is 2.54. The fraction of sp³-hybridized carbons (Fsp3) is 0.100. The summed E-state index contributed by atoms with van der Waals surface area (Å²) in [5, 5.41) is 17.8. The van der Waals surface area contributed by atoms with Crippen molar-refractivity contribution in [3.63, 3.8) is 0 Å². The van der Waals surface area contributed by atoms with E-state index in [1.807, 2.05) is 0 Å². The number of benzene rings is 2. The molecule has 2 aromatic carbocycles. The first-order valence-corrected chi connectivity index (χ1v) is 9.63. The third kappa shape index (κ3) is 5.01. The smallest absolute Gasteiger partial charge is 0.335 e. The number of amides is 1. The van der Waals surface area contributed by atoms with Crippen molar-refractivity contribution in [1.82, 2.24) is 0 Å². The number of hydrogen-bond acceptors (Lipinski definition) is 6. The molecule has 0 bridgehead atoms. The predicted molar refractivity (Wildman–Crippen MR) is 113 cm³/mol. The Kier molecular flexibility index (Phi) is 6.30. The molecule has 148 valence electrons. The van der Waals surface area contributed by atoms with Crippen LogP contribution < -0.4 is 9.64 Å². The molecule has 2 aromatic rings. The van der Waals surface area contributed by atoms with E-state index in [1.54, 1.807) is 42.5 Å². The second-order valence-electron chi connectivity index (χ2n) is 5.93. The average Bonchev–Trinajstić information content (AvgIpc) is 2.96. The van der Waals surface area contributed by atoms with Gasteiger partial charge in [-0.25, -0.2) is 4.79 Å². The summed E-state index contributed by atoms with van der Waals surface area (Å²) in [6.07, 6.45) is 1.59. The number of thiocarbonyl (C=S) groups is 1. The van der Waals surface area contributed by atoms with E-state index in [-0.39, 0.29) is 24.5 Å². The van der Waals surface area contributed by atoms with Gasteiger partial charge in [-0.3, -0.25) is 14.5 Å². The number of nitrogens with zero attached hydrogens (tertiary/aromatic N) is 1. The standard InChI is InChI=1S/C20H15NO6S2/c22-17(23)8-9-27-15-6-4-12(5-7-15)10-16-18(24)21(20(28)29-16)14-3-1-2-13(11-14)19(25)26/h1-7,10-11H,8-9H2,(H,22,23)(H,25,26)/b16-10-. The van der Waals surface area contributed by atoms with Crippen molar-refractivity contribution < 1.29 is 29.3 Å². The summed E-state index contributed by atoms with van der Waals surface area (Å²) >= 11 is 6.44. The Bertz CT molecular complexity index is 1020. The molecule has 2 N–H and O–H groups in total. The zero-order valence-electron chi connectivity index (χ0n) is 14.9. The number of carbonyl (C=O) groups is 3. The molecular formula is C20H15NO6S2. The Morgan fingerprint density at radius 1 is 1.14 bits per heavy atom. The molecule has 1 amide bonds. The van der Waals surface area contributed by atoms with Gasteiger partial charge in [0.05, 0.1) is 29.2 Å². The number of hydrogen-bond donors (Lipinski definition) is 2. The van der Waals surface area contributed by atoms with Gasteiger partial charge in [0.2, 0.25) is 0 Å². The molecule has 1 aliphatic rings. The molecule has 0 radical (unpaired) electrons. The summed E-state index contributed by atoms with van der Waals surface area (Å²) < 4.78 is 5.65. The van der Waals surface area contributed by atoms with Gasteiger partial charge in [-0.05, 0) is 42.0 Å². The molecule has 0 unspecified atom stereocenters. The highest BCUT2D eigenvalue weighted by atomic mass is 32.2.